The third-order valence-electron chi connectivity index (χ3n) is 3.23. The minimum absolute atomic E-state index is 0.759. The molecular weight excluding hydrogens is 214 g/mol. The third-order valence-corrected chi connectivity index (χ3v) is 3.23. The molecule has 1 aliphatic rings. The number of aromatic nitrogens is 2. The molecule has 0 aromatic carbocycles. The first-order valence-electron chi connectivity index (χ1n) is 6.67. The van der Waals surface area contributed by atoms with Crippen LogP contribution in [0.5, 0.6) is 0 Å². The Morgan fingerprint density at radius 2 is 2.29 bits per heavy atom. The van der Waals surface area contributed by atoms with E-state index in [4.69, 9.17) is 4.74 Å². The Morgan fingerprint density at radius 3 is 3.06 bits per heavy atom. The minimum Gasteiger partial charge on any atom is -0.381 e. The van der Waals surface area contributed by atoms with Crippen LogP contribution in [0, 0.1) is 5.92 Å². The van der Waals surface area contributed by atoms with Crippen LogP contribution in [0.4, 0.5) is 0 Å². The van der Waals surface area contributed by atoms with Gasteiger partial charge in [0.05, 0.1) is 12.0 Å². The lowest BCUT2D eigenvalue weighted by Crippen LogP contribution is -2.19. The van der Waals surface area contributed by atoms with Gasteiger partial charge in [-0.15, -0.1) is 0 Å². The average molecular weight is 237 g/mol. The van der Waals surface area contributed by atoms with E-state index in [2.05, 4.69) is 28.0 Å². The quantitative estimate of drug-likeness (QED) is 0.767. The van der Waals surface area contributed by atoms with Gasteiger partial charge < -0.3 is 14.6 Å². The summed E-state index contributed by atoms with van der Waals surface area (Å²) in [4.78, 5) is 4.42. The van der Waals surface area contributed by atoms with Gasteiger partial charge in [-0.25, -0.2) is 4.98 Å². The molecule has 0 atom stereocenters. The second kappa shape index (κ2) is 6.77. The van der Waals surface area contributed by atoms with Crippen LogP contribution >= 0.6 is 0 Å². The zero-order valence-electron chi connectivity index (χ0n) is 10.7. The van der Waals surface area contributed by atoms with Gasteiger partial charge in [-0.1, -0.05) is 6.92 Å². The highest BCUT2D eigenvalue weighted by Gasteiger charge is 2.14. The number of hydrogen-bond donors (Lipinski definition) is 1. The molecule has 1 saturated heterocycles. The topological polar surface area (TPSA) is 39.1 Å². The summed E-state index contributed by atoms with van der Waals surface area (Å²) >= 11 is 0. The zero-order valence-corrected chi connectivity index (χ0v) is 10.7. The Balaban J connectivity index is 1.76. The summed E-state index contributed by atoms with van der Waals surface area (Å²) < 4.78 is 7.59. The van der Waals surface area contributed by atoms with Gasteiger partial charge in [-0.2, -0.15) is 0 Å². The largest absolute Gasteiger partial charge is 0.381 e. The van der Waals surface area contributed by atoms with Gasteiger partial charge in [-0.05, 0) is 31.7 Å². The SMILES string of the molecule is CCCNCc1cn(CC2CCOCC2)cn1. The summed E-state index contributed by atoms with van der Waals surface area (Å²) in [5.74, 6) is 0.759. The second-order valence-corrected chi connectivity index (χ2v) is 4.79. The molecule has 96 valence electrons. The fourth-order valence-electron chi connectivity index (χ4n) is 2.22. The van der Waals surface area contributed by atoms with E-state index >= 15 is 0 Å². The van der Waals surface area contributed by atoms with Gasteiger partial charge in [0.25, 0.3) is 0 Å². The summed E-state index contributed by atoms with van der Waals surface area (Å²) in [5.41, 5.74) is 1.14. The van der Waals surface area contributed by atoms with Crippen LogP contribution in [0.2, 0.25) is 0 Å². The molecule has 2 heterocycles. The van der Waals surface area contributed by atoms with Crippen molar-refractivity contribution >= 4 is 0 Å². The smallest absolute Gasteiger partial charge is 0.0950 e. The number of nitrogens with zero attached hydrogens (tertiary/aromatic N) is 2. The third kappa shape index (κ3) is 4.13. The van der Waals surface area contributed by atoms with Crippen molar-refractivity contribution in [1.82, 2.24) is 14.9 Å². The molecule has 1 aromatic rings. The van der Waals surface area contributed by atoms with E-state index in [1.165, 1.54) is 19.3 Å². The zero-order chi connectivity index (χ0) is 11.9. The van der Waals surface area contributed by atoms with Crippen molar-refractivity contribution in [2.24, 2.45) is 5.92 Å². The van der Waals surface area contributed by atoms with Crippen molar-refractivity contribution < 1.29 is 4.74 Å². The van der Waals surface area contributed by atoms with Crippen LogP contribution in [0.25, 0.3) is 0 Å². The number of ether oxygens (including phenoxy) is 1. The van der Waals surface area contributed by atoms with Crippen molar-refractivity contribution in [2.75, 3.05) is 19.8 Å². The molecule has 1 N–H and O–H groups in total. The van der Waals surface area contributed by atoms with Gasteiger partial charge in [0.2, 0.25) is 0 Å². The highest BCUT2D eigenvalue weighted by Crippen LogP contribution is 2.16. The Morgan fingerprint density at radius 1 is 1.47 bits per heavy atom. The molecule has 4 nitrogen and oxygen atoms in total. The molecule has 0 radical (unpaired) electrons. The maximum absolute atomic E-state index is 5.37. The predicted molar refractivity (Wildman–Crippen MR) is 67.8 cm³/mol. The predicted octanol–water partition coefficient (Wildman–Crippen LogP) is 1.81. The fraction of sp³-hybridized carbons (Fsp3) is 0.769. The van der Waals surface area contributed by atoms with E-state index in [9.17, 15) is 0 Å². The van der Waals surface area contributed by atoms with Crippen LogP contribution in [0.1, 0.15) is 31.9 Å². The van der Waals surface area contributed by atoms with E-state index < -0.39 is 0 Å². The van der Waals surface area contributed by atoms with Crippen LogP contribution in [-0.4, -0.2) is 29.3 Å². The van der Waals surface area contributed by atoms with E-state index in [0.29, 0.717) is 0 Å². The lowest BCUT2D eigenvalue weighted by Gasteiger charge is -2.22. The monoisotopic (exact) mass is 237 g/mol. The summed E-state index contributed by atoms with van der Waals surface area (Å²) in [6.45, 7) is 7.05. The van der Waals surface area contributed by atoms with Gasteiger partial charge in [0, 0.05) is 32.5 Å². The van der Waals surface area contributed by atoms with Gasteiger partial charge >= 0.3 is 0 Å². The molecule has 4 heteroatoms. The van der Waals surface area contributed by atoms with Crippen molar-refractivity contribution in [2.45, 2.75) is 39.3 Å². The molecule has 0 unspecified atom stereocenters. The van der Waals surface area contributed by atoms with Crippen LogP contribution in [0.3, 0.4) is 0 Å². The van der Waals surface area contributed by atoms with Crippen LogP contribution in [-0.2, 0) is 17.8 Å². The lowest BCUT2D eigenvalue weighted by molar-refractivity contribution is 0.0612. The van der Waals surface area contributed by atoms with Gasteiger partial charge in [0.15, 0.2) is 0 Å². The molecular formula is C13H23N3O. The first-order valence-corrected chi connectivity index (χ1v) is 6.67. The van der Waals surface area contributed by atoms with E-state index in [0.717, 1.165) is 44.5 Å². The summed E-state index contributed by atoms with van der Waals surface area (Å²) in [6.07, 6.45) is 7.66. The molecule has 1 fully saturated rings. The Kier molecular flexibility index (Phi) is 5.01. The lowest BCUT2D eigenvalue weighted by atomic mass is 10.0. The molecule has 0 spiro atoms. The molecule has 2 rings (SSSR count). The molecule has 0 amide bonds. The Labute approximate surface area is 103 Å². The summed E-state index contributed by atoms with van der Waals surface area (Å²) in [5, 5.41) is 3.37. The van der Waals surface area contributed by atoms with Crippen LogP contribution in [0.15, 0.2) is 12.5 Å². The van der Waals surface area contributed by atoms with Crippen molar-refractivity contribution in [3.63, 3.8) is 0 Å². The maximum Gasteiger partial charge on any atom is 0.0950 e. The van der Waals surface area contributed by atoms with Crippen molar-refractivity contribution in [3.05, 3.63) is 18.2 Å². The average Bonchev–Trinajstić information content (AvgIpc) is 2.79. The molecule has 0 aliphatic carbocycles. The van der Waals surface area contributed by atoms with E-state index in [-0.39, 0.29) is 0 Å². The highest BCUT2D eigenvalue weighted by molar-refractivity contribution is 4.96. The number of nitrogens with one attached hydrogen (secondary N) is 1. The number of imidazole rings is 1. The van der Waals surface area contributed by atoms with Gasteiger partial charge in [-0.3, -0.25) is 0 Å². The number of rotatable bonds is 6. The van der Waals surface area contributed by atoms with E-state index in [1.54, 1.807) is 0 Å². The summed E-state index contributed by atoms with van der Waals surface area (Å²) in [7, 11) is 0. The second-order valence-electron chi connectivity index (χ2n) is 4.79. The summed E-state index contributed by atoms with van der Waals surface area (Å²) in [6, 6.07) is 0. The molecule has 0 bridgehead atoms. The van der Waals surface area contributed by atoms with Crippen LogP contribution < -0.4 is 5.32 Å². The molecule has 1 aromatic heterocycles. The fourth-order valence-corrected chi connectivity index (χ4v) is 2.22. The normalized spacial score (nSPS) is 17.5. The van der Waals surface area contributed by atoms with Gasteiger partial charge in [0.1, 0.15) is 0 Å². The number of hydrogen-bond acceptors (Lipinski definition) is 3. The van der Waals surface area contributed by atoms with Crippen molar-refractivity contribution in [1.29, 1.82) is 0 Å². The Hall–Kier alpha value is -0.870. The highest BCUT2D eigenvalue weighted by atomic mass is 16.5. The molecule has 0 saturated carbocycles. The molecule has 17 heavy (non-hydrogen) atoms. The Bertz CT molecular complexity index is 318. The first-order chi connectivity index (χ1) is 8.38. The standard InChI is InChI=1S/C13H23N3O/c1-2-5-14-8-13-10-16(11-15-13)9-12-3-6-17-7-4-12/h10-12,14H,2-9H2,1H3. The minimum atomic E-state index is 0.759. The maximum atomic E-state index is 5.37. The van der Waals surface area contributed by atoms with Crippen molar-refractivity contribution in [3.8, 4) is 0 Å². The first kappa shape index (κ1) is 12.6. The molecule has 1 aliphatic heterocycles. The van der Waals surface area contributed by atoms with E-state index in [1.807, 2.05) is 6.33 Å².